The van der Waals surface area contributed by atoms with Gasteiger partial charge in [-0.2, -0.15) is 0 Å². The lowest BCUT2D eigenvalue weighted by Crippen LogP contribution is -1.95. The summed E-state index contributed by atoms with van der Waals surface area (Å²) in [5.74, 6) is 0. The first-order chi connectivity index (χ1) is 6.25. The van der Waals surface area contributed by atoms with Crippen molar-refractivity contribution in [3.05, 3.63) is 53.7 Å². The molecule has 1 aromatic rings. The monoisotopic (exact) mass is 173 g/mol. The first-order valence-corrected chi connectivity index (χ1v) is 4.40. The molecule has 1 aromatic carbocycles. The molecule has 0 saturated carbocycles. The summed E-state index contributed by atoms with van der Waals surface area (Å²) in [6.07, 6.45) is 4.03. The quantitative estimate of drug-likeness (QED) is 0.684. The number of rotatable bonds is 2. The molecule has 0 fully saturated rings. The van der Waals surface area contributed by atoms with Gasteiger partial charge in [0.2, 0.25) is 0 Å². The van der Waals surface area contributed by atoms with Crippen LogP contribution in [0.2, 0.25) is 0 Å². The molecule has 1 nitrogen and oxygen atoms in total. The second kappa shape index (κ2) is 4.51. The molecule has 0 aliphatic carbocycles. The lowest BCUT2D eigenvalue weighted by molar-refractivity contribution is 1.32. The van der Waals surface area contributed by atoms with Crippen LogP contribution in [-0.4, -0.2) is 0 Å². The highest BCUT2D eigenvalue weighted by Gasteiger charge is 1.97. The van der Waals surface area contributed by atoms with Gasteiger partial charge in [-0.25, -0.2) is 0 Å². The Kier molecular flexibility index (Phi) is 3.32. The average molecular weight is 173 g/mol. The smallest absolute Gasteiger partial charge is 0.0128 e. The number of nitrogens with two attached hydrogens (primary N) is 1. The number of hydrogen-bond acceptors (Lipinski definition) is 1. The Morgan fingerprint density at radius 1 is 1.23 bits per heavy atom. The van der Waals surface area contributed by atoms with Crippen molar-refractivity contribution in [2.75, 3.05) is 0 Å². The van der Waals surface area contributed by atoms with E-state index >= 15 is 0 Å². The van der Waals surface area contributed by atoms with E-state index in [9.17, 15) is 0 Å². The van der Waals surface area contributed by atoms with Crippen molar-refractivity contribution in [1.82, 2.24) is 0 Å². The van der Waals surface area contributed by atoms with Crippen LogP contribution in [0.5, 0.6) is 0 Å². The van der Waals surface area contributed by atoms with E-state index in [1.165, 1.54) is 5.56 Å². The Morgan fingerprint density at radius 2 is 1.85 bits per heavy atom. The number of allylic oxidation sites excluding steroid dienone is 4. The lowest BCUT2D eigenvalue weighted by Gasteiger charge is -2.04. The van der Waals surface area contributed by atoms with E-state index in [4.69, 9.17) is 5.73 Å². The third kappa shape index (κ3) is 2.48. The van der Waals surface area contributed by atoms with Crippen LogP contribution in [-0.2, 0) is 0 Å². The van der Waals surface area contributed by atoms with Gasteiger partial charge in [0.25, 0.3) is 0 Å². The van der Waals surface area contributed by atoms with E-state index in [1.807, 2.05) is 44.2 Å². The van der Waals surface area contributed by atoms with Crippen LogP contribution in [0.3, 0.4) is 0 Å². The highest BCUT2D eigenvalue weighted by molar-refractivity contribution is 5.75. The predicted molar refractivity (Wildman–Crippen MR) is 58.0 cm³/mol. The molecule has 0 heterocycles. The van der Waals surface area contributed by atoms with Crippen molar-refractivity contribution in [2.24, 2.45) is 5.73 Å². The van der Waals surface area contributed by atoms with Gasteiger partial charge in [-0.3, -0.25) is 0 Å². The average Bonchev–Trinajstić information content (AvgIpc) is 2.15. The Bertz CT molecular complexity index is 316. The molecule has 13 heavy (non-hydrogen) atoms. The second-order valence-electron chi connectivity index (χ2n) is 2.96. The third-order valence-electron chi connectivity index (χ3n) is 1.84. The van der Waals surface area contributed by atoms with Crippen LogP contribution in [0.4, 0.5) is 0 Å². The molecule has 0 spiro atoms. The van der Waals surface area contributed by atoms with Crippen molar-refractivity contribution in [1.29, 1.82) is 0 Å². The summed E-state index contributed by atoms with van der Waals surface area (Å²) >= 11 is 0. The second-order valence-corrected chi connectivity index (χ2v) is 2.96. The van der Waals surface area contributed by atoms with Crippen LogP contribution >= 0.6 is 0 Å². The molecular weight excluding hydrogens is 158 g/mol. The van der Waals surface area contributed by atoms with E-state index in [1.54, 1.807) is 0 Å². The molecule has 1 rings (SSSR count). The van der Waals surface area contributed by atoms with Crippen molar-refractivity contribution in [3.63, 3.8) is 0 Å². The zero-order valence-corrected chi connectivity index (χ0v) is 8.12. The maximum absolute atomic E-state index is 5.78. The summed E-state index contributed by atoms with van der Waals surface area (Å²) in [5.41, 5.74) is 8.90. The van der Waals surface area contributed by atoms with E-state index in [-0.39, 0.29) is 0 Å². The van der Waals surface area contributed by atoms with Crippen LogP contribution in [0.15, 0.2) is 48.2 Å². The molecule has 0 bridgehead atoms. The fraction of sp³-hybridized carbons (Fsp3) is 0.167. The molecule has 2 N–H and O–H groups in total. The largest absolute Gasteiger partial charge is 0.402 e. The van der Waals surface area contributed by atoms with E-state index < -0.39 is 0 Å². The normalized spacial score (nSPS) is 13.1. The van der Waals surface area contributed by atoms with Crippen LogP contribution in [0.1, 0.15) is 19.4 Å². The minimum absolute atomic E-state index is 0.851. The van der Waals surface area contributed by atoms with Gasteiger partial charge in [0, 0.05) is 5.70 Å². The van der Waals surface area contributed by atoms with Gasteiger partial charge >= 0.3 is 0 Å². The van der Waals surface area contributed by atoms with Crippen molar-refractivity contribution < 1.29 is 0 Å². The fourth-order valence-corrected chi connectivity index (χ4v) is 1.24. The minimum Gasteiger partial charge on any atom is -0.402 e. The van der Waals surface area contributed by atoms with Gasteiger partial charge in [0.15, 0.2) is 0 Å². The van der Waals surface area contributed by atoms with Crippen molar-refractivity contribution in [2.45, 2.75) is 13.8 Å². The lowest BCUT2D eigenvalue weighted by atomic mass is 10.0. The third-order valence-corrected chi connectivity index (χ3v) is 1.84. The molecule has 68 valence electrons. The topological polar surface area (TPSA) is 26.0 Å². The molecule has 0 aliphatic heterocycles. The summed E-state index contributed by atoms with van der Waals surface area (Å²) < 4.78 is 0. The van der Waals surface area contributed by atoms with Gasteiger partial charge in [-0.1, -0.05) is 42.5 Å². The van der Waals surface area contributed by atoms with Crippen LogP contribution in [0.25, 0.3) is 5.57 Å². The molecule has 0 unspecified atom stereocenters. The summed E-state index contributed by atoms with van der Waals surface area (Å²) in [4.78, 5) is 0. The van der Waals surface area contributed by atoms with Crippen LogP contribution < -0.4 is 5.73 Å². The standard InChI is InChI=1S/C12H15N/c1-3-7-12(10(2)13)11-8-5-4-6-9-11/h3-9H,13H2,1-2H3/b7-3-,12-10-. The summed E-state index contributed by atoms with van der Waals surface area (Å²) in [6.45, 7) is 3.91. The van der Waals surface area contributed by atoms with E-state index in [2.05, 4.69) is 12.1 Å². The molecular formula is C12H15N. The molecule has 0 aliphatic rings. The molecule has 1 heteroatoms. The first kappa shape index (κ1) is 9.59. The SMILES string of the molecule is C/C=C\C(=C(/C)N)c1ccccc1. The van der Waals surface area contributed by atoms with Gasteiger partial charge in [-0.05, 0) is 25.0 Å². The maximum Gasteiger partial charge on any atom is 0.0128 e. The first-order valence-electron chi connectivity index (χ1n) is 4.40. The molecule has 0 aromatic heterocycles. The maximum atomic E-state index is 5.78. The molecule has 0 atom stereocenters. The Morgan fingerprint density at radius 3 is 2.31 bits per heavy atom. The number of hydrogen-bond donors (Lipinski definition) is 1. The van der Waals surface area contributed by atoms with Gasteiger partial charge < -0.3 is 5.73 Å². The van der Waals surface area contributed by atoms with Crippen molar-refractivity contribution in [3.8, 4) is 0 Å². The zero-order chi connectivity index (χ0) is 9.68. The molecule has 0 radical (unpaired) electrons. The fourth-order valence-electron chi connectivity index (χ4n) is 1.24. The van der Waals surface area contributed by atoms with Crippen LogP contribution in [0, 0.1) is 0 Å². The number of benzene rings is 1. The summed E-state index contributed by atoms with van der Waals surface area (Å²) in [5, 5.41) is 0. The Balaban J connectivity index is 3.12. The van der Waals surface area contributed by atoms with Gasteiger partial charge in [-0.15, -0.1) is 0 Å². The van der Waals surface area contributed by atoms with Gasteiger partial charge in [0.1, 0.15) is 0 Å². The summed E-state index contributed by atoms with van der Waals surface area (Å²) in [7, 11) is 0. The van der Waals surface area contributed by atoms with E-state index in [0.29, 0.717) is 0 Å². The highest BCUT2D eigenvalue weighted by Crippen LogP contribution is 2.17. The Hall–Kier alpha value is -1.50. The highest BCUT2D eigenvalue weighted by atomic mass is 14.6. The van der Waals surface area contributed by atoms with Gasteiger partial charge in [0.05, 0.1) is 0 Å². The Labute approximate surface area is 79.6 Å². The van der Waals surface area contributed by atoms with Crippen molar-refractivity contribution >= 4 is 5.57 Å². The minimum atomic E-state index is 0.851. The summed E-state index contributed by atoms with van der Waals surface area (Å²) in [6, 6.07) is 10.2. The predicted octanol–water partition coefficient (Wildman–Crippen LogP) is 2.95. The zero-order valence-electron chi connectivity index (χ0n) is 8.12. The molecule has 0 saturated heterocycles. The molecule has 0 amide bonds. The van der Waals surface area contributed by atoms with E-state index in [0.717, 1.165) is 11.3 Å².